The van der Waals surface area contributed by atoms with E-state index in [0.29, 0.717) is 11.8 Å². The third-order valence-electron chi connectivity index (χ3n) is 4.59. The van der Waals surface area contributed by atoms with E-state index in [1.54, 1.807) is 0 Å². The third-order valence-corrected chi connectivity index (χ3v) is 5.97. The van der Waals surface area contributed by atoms with Gasteiger partial charge in [-0.25, -0.2) is 12.8 Å². The molecule has 1 N–H and O–H groups in total. The lowest BCUT2D eigenvalue weighted by Gasteiger charge is -2.43. The number of anilines is 1. The van der Waals surface area contributed by atoms with Crippen LogP contribution in [0, 0.1) is 17.7 Å². The number of fused-ring (bicyclic) bond motifs is 3. The largest absolute Gasteiger partial charge is 0.381 e. The zero-order chi connectivity index (χ0) is 14.3. The molecule has 110 valence electrons. The predicted octanol–water partition coefficient (Wildman–Crippen LogP) is 3.74. The van der Waals surface area contributed by atoms with Crippen LogP contribution in [-0.4, -0.2) is 14.5 Å². The highest BCUT2D eigenvalue weighted by molar-refractivity contribution is 8.13. The zero-order valence-corrected chi connectivity index (χ0v) is 12.6. The molecule has 0 radical (unpaired) electrons. The molecule has 1 aromatic carbocycles. The van der Waals surface area contributed by atoms with Crippen LogP contribution in [0.15, 0.2) is 23.1 Å². The number of rotatable bonds is 3. The van der Waals surface area contributed by atoms with Gasteiger partial charge in [0.25, 0.3) is 9.05 Å². The standard InChI is InChI=1S/C14H17ClFNO2S/c15-20(18,19)14-6-5-11(16)8-13(14)17-12-7-9-1-3-10(12)4-2-9/h5-6,8-10,12,17H,1-4,7H2. The Morgan fingerprint density at radius 2 is 1.90 bits per heavy atom. The number of halogens is 2. The highest BCUT2D eigenvalue weighted by Gasteiger charge is 2.36. The minimum Gasteiger partial charge on any atom is -0.381 e. The molecular weight excluding hydrogens is 301 g/mol. The van der Waals surface area contributed by atoms with Crippen LogP contribution in [0.4, 0.5) is 10.1 Å². The number of hydrogen-bond acceptors (Lipinski definition) is 3. The Hall–Kier alpha value is -0.810. The first-order valence-corrected chi connectivity index (χ1v) is 9.25. The molecule has 6 heteroatoms. The molecule has 3 fully saturated rings. The van der Waals surface area contributed by atoms with Crippen molar-refractivity contribution < 1.29 is 12.8 Å². The Morgan fingerprint density at radius 3 is 2.45 bits per heavy atom. The summed E-state index contributed by atoms with van der Waals surface area (Å²) in [5, 5.41) is 3.22. The van der Waals surface area contributed by atoms with Crippen molar-refractivity contribution in [1.82, 2.24) is 0 Å². The monoisotopic (exact) mass is 317 g/mol. The summed E-state index contributed by atoms with van der Waals surface area (Å²) in [6.45, 7) is 0. The van der Waals surface area contributed by atoms with Crippen LogP contribution in [0.25, 0.3) is 0 Å². The summed E-state index contributed by atoms with van der Waals surface area (Å²) in [4.78, 5) is -0.0398. The Bertz CT molecular complexity index is 612. The molecule has 20 heavy (non-hydrogen) atoms. The number of nitrogens with one attached hydrogen (secondary N) is 1. The molecule has 2 bridgehead atoms. The summed E-state index contributed by atoms with van der Waals surface area (Å²) in [6, 6.07) is 3.79. The second-order valence-electron chi connectivity index (χ2n) is 5.85. The van der Waals surface area contributed by atoms with Gasteiger partial charge in [0.05, 0.1) is 5.69 Å². The van der Waals surface area contributed by atoms with Gasteiger partial charge in [0.15, 0.2) is 0 Å². The molecule has 0 spiro atoms. The van der Waals surface area contributed by atoms with Crippen LogP contribution in [0.2, 0.25) is 0 Å². The lowest BCUT2D eigenvalue weighted by Crippen LogP contribution is -2.40. The van der Waals surface area contributed by atoms with Crippen LogP contribution in [0.3, 0.4) is 0 Å². The highest BCUT2D eigenvalue weighted by Crippen LogP contribution is 2.43. The molecule has 1 aromatic rings. The number of benzene rings is 1. The zero-order valence-electron chi connectivity index (χ0n) is 11.0. The van der Waals surface area contributed by atoms with Crippen molar-refractivity contribution in [3.63, 3.8) is 0 Å². The summed E-state index contributed by atoms with van der Waals surface area (Å²) in [6.07, 6.45) is 5.88. The number of hydrogen-bond donors (Lipinski definition) is 1. The molecule has 0 aromatic heterocycles. The molecule has 3 aliphatic carbocycles. The molecular formula is C14H17ClFNO2S. The van der Waals surface area contributed by atoms with Crippen LogP contribution in [0.5, 0.6) is 0 Å². The van der Waals surface area contributed by atoms with Gasteiger partial charge in [-0.2, -0.15) is 0 Å². The van der Waals surface area contributed by atoms with E-state index >= 15 is 0 Å². The summed E-state index contributed by atoms with van der Waals surface area (Å²) >= 11 is 0. The minimum absolute atomic E-state index is 0.0398. The maximum absolute atomic E-state index is 13.4. The Balaban J connectivity index is 1.89. The lowest BCUT2D eigenvalue weighted by molar-refractivity contribution is 0.157. The second-order valence-corrected chi connectivity index (χ2v) is 8.38. The molecule has 3 aliphatic rings. The van der Waals surface area contributed by atoms with E-state index in [1.807, 2.05) is 0 Å². The Kier molecular flexibility index (Phi) is 3.67. The maximum Gasteiger partial charge on any atom is 0.263 e. The van der Waals surface area contributed by atoms with Crippen molar-refractivity contribution in [2.45, 2.75) is 43.0 Å². The molecule has 0 aliphatic heterocycles. The average molecular weight is 318 g/mol. The first-order chi connectivity index (χ1) is 9.43. The quantitative estimate of drug-likeness (QED) is 0.864. The van der Waals surface area contributed by atoms with E-state index in [-0.39, 0.29) is 16.6 Å². The minimum atomic E-state index is -3.87. The molecule has 4 rings (SSSR count). The molecule has 0 heterocycles. The Labute approximate surface area is 122 Å². The van der Waals surface area contributed by atoms with Gasteiger partial charge in [0.1, 0.15) is 10.7 Å². The highest BCUT2D eigenvalue weighted by atomic mass is 35.7. The summed E-state index contributed by atoms with van der Waals surface area (Å²) < 4.78 is 36.5. The van der Waals surface area contributed by atoms with Crippen molar-refractivity contribution in [3.05, 3.63) is 24.0 Å². The van der Waals surface area contributed by atoms with Gasteiger partial charge < -0.3 is 5.32 Å². The van der Waals surface area contributed by atoms with Crippen molar-refractivity contribution in [1.29, 1.82) is 0 Å². The van der Waals surface area contributed by atoms with Crippen molar-refractivity contribution in [2.24, 2.45) is 11.8 Å². The predicted molar refractivity (Wildman–Crippen MR) is 76.9 cm³/mol. The van der Waals surface area contributed by atoms with Crippen LogP contribution >= 0.6 is 10.7 Å². The Morgan fingerprint density at radius 1 is 1.20 bits per heavy atom. The van der Waals surface area contributed by atoms with Gasteiger partial charge in [-0.3, -0.25) is 0 Å². The van der Waals surface area contributed by atoms with Crippen molar-refractivity contribution in [3.8, 4) is 0 Å². The summed E-state index contributed by atoms with van der Waals surface area (Å²) in [5.74, 6) is 0.800. The SMILES string of the molecule is O=S(=O)(Cl)c1ccc(F)cc1NC1CC2CCC1CC2. The van der Waals surface area contributed by atoms with Gasteiger partial charge in [-0.15, -0.1) is 0 Å². The first-order valence-electron chi connectivity index (χ1n) is 6.94. The van der Waals surface area contributed by atoms with Crippen LogP contribution < -0.4 is 5.32 Å². The van der Waals surface area contributed by atoms with E-state index in [2.05, 4.69) is 5.32 Å². The lowest BCUT2D eigenvalue weighted by atomic mass is 9.68. The molecule has 0 amide bonds. The molecule has 1 unspecified atom stereocenters. The van der Waals surface area contributed by atoms with E-state index in [4.69, 9.17) is 10.7 Å². The van der Waals surface area contributed by atoms with Crippen LogP contribution in [0.1, 0.15) is 32.1 Å². The molecule has 0 saturated heterocycles. The topological polar surface area (TPSA) is 46.2 Å². The fourth-order valence-corrected chi connectivity index (χ4v) is 4.60. The van der Waals surface area contributed by atoms with Gasteiger partial charge in [0, 0.05) is 16.7 Å². The molecule has 1 atom stereocenters. The van der Waals surface area contributed by atoms with Gasteiger partial charge in [-0.05, 0) is 49.3 Å². The van der Waals surface area contributed by atoms with E-state index < -0.39 is 14.9 Å². The molecule has 3 saturated carbocycles. The maximum atomic E-state index is 13.4. The summed E-state index contributed by atoms with van der Waals surface area (Å²) in [7, 11) is 1.55. The van der Waals surface area contributed by atoms with Gasteiger partial charge in [0.2, 0.25) is 0 Å². The average Bonchev–Trinajstić information content (AvgIpc) is 2.38. The fraction of sp³-hybridized carbons (Fsp3) is 0.571. The van der Waals surface area contributed by atoms with Crippen molar-refractivity contribution in [2.75, 3.05) is 5.32 Å². The first kappa shape index (κ1) is 14.1. The third kappa shape index (κ3) is 2.79. The normalized spacial score (nSPS) is 29.4. The van der Waals surface area contributed by atoms with Crippen LogP contribution in [-0.2, 0) is 9.05 Å². The fourth-order valence-electron chi connectivity index (χ4n) is 3.58. The van der Waals surface area contributed by atoms with Gasteiger partial charge in [-0.1, -0.05) is 12.8 Å². The van der Waals surface area contributed by atoms with Crippen molar-refractivity contribution >= 4 is 25.4 Å². The molecule has 3 nitrogen and oxygen atoms in total. The smallest absolute Gasteiger partial charge is 0.263 e. The second kappa shape index (κ2) is 5.19. The summed E-state index contributed by atoms with van der Waals surface area (Å²) in [5.41, 5.74) is 0.289. The van der Waals surface area contributed by atoms with E-state index in [0.717, 1.165) is 12.5 Å². The van der Waals surface area contributed by atoms with E-state index in [9.17, 15) is 12.8 Å². The van der Waals surface area contributed by atoms with Gasteiger partial charge >= 0.3 is 0 Å². The van der Waals surface area contributed by atoms with E-state index in [1.165, 1.54) is 37.8 Å².